The van der Waals surface area contributed by atoms with E-state index < -0.39 is 0 Å². The first-order valence-electron chi connectivity index (χ1n) is 11.1. The molecule has 2 rings (SSSR count). The Balaban J connectivity index is 0. The number of benzene rings is 2. The van der Waals surface area contributed by atoms with Gasteiger partial charge in [0.1, 0.15) is 11.6 Å². The molecule has 196 valence electrons. The zero-order valence-electron chi connectivity index (χ0n) is 21.0. The minimum Gasteiger partial charge on any atom is -0.326 e. The van der Waals surface area contributed by atoms with Gasteiger partial charge in [0.25, 0.3) is 0 Å². The van der Waals surface area contributed by atoms with Crippen LogP contribution < -0.4 is 10.6 Å². The maximum atomic E-state index is 12.9. The van der Waals surface area contributed by atoms with Gasteiger partial charge < -0.3 is 10.6 Å². The number of carbonyl (C=O) groups is 2. The molecular weight excluding hydrogens is 474 g/mol. The van der Waals surface area contributed by atoms with Crippen molar-refractivity contribution in [2.24, 2.45) is 17.8 Å². The quantitative estimate of drug-likeness (QED) is 0.539. The average Bonchev–Trinajstić information content (AvgIpc) is 2.75. The molecule has 0 aliphatic heterocycles. The topological polar surface area (TPSA) is 126 Å². The van der Waals surface area contributed by atoms with Gasteiger partial charge in [0, 0.05) is 23.7 Å². The molecule has 36 heavy (non-hydrogen) atoms. The second kappa shape index (κ2) is 20.4. The third-order valence-corrected chi connectivity index (χ3v) is 4.38. The van der Waals surface area contributed by atoms with Crippen LogP contribution in [0.3, 0.4) is 0 Å². The molecule has 1 unspecified atom stereocenters. The highest BCUT2D eigenvalue weighted by Crippen LogP contribution is 2.18. The summed E-state index contributed by atoms with van der Waals surface area (Å²) in [5.74, 6) is -0.221. The molecule has 0 bridgehead atoms. The lowest BCUT2D eigenvalue weighted by atomic mass is 9.92. The number of anilines is 2. The minimum atomic E-state index is -0.340. The van der Waals surface area contributed by atoms with Crippen molar-refractivity contribution in [3.05, 3.63) is 60.2 Å². The molecular formula is C26H32F2N2O6. The van der Waals surface area contributed by atoms with Crippen LogP contribution in [-0.4, -0.2) is 24.1 Å². The van der Waals surface area contributed by atoms with Crippen molar-refractivity contribution in [2.45, 2.75) is 47.5 Å². The largest absolute Gasteiger partial charge is 0.373 e. The fourth-order valence-electron chi connectivity index (χ4n) is 2.91. The highest BCUT2D eigenvalue weighted by Gasteiger charge is 2.20. The second-order valence-electron chi connectivity index (χ2n) is 8.08. The Labute approximate surface area is 209 Å². The Hall–Kier alpha value is -4.00. The zero-order valence-corrected chi connectivity index (χ0v) is 21.0. The number of nitrogens with one attached hydrogen (secondary N) is 2. The predicted octanol–water partition coefficient (Wildman–Crippen LogP) is 5.09. The van der Waals surface area contributed by atoms with E-state index in [0.717, 1.165) is 6.42 Å². The molecule has 8 nitrogen and oxygen atoms in total. The normalized spacial score (nSPS) is 10.0. The number of rotatable bonds is 7. The average molecular weight is 507 g/mol. The maximum Gasteiger partial charge on any atom is 0.373 e. The molecule has 10 heteroatoms. The van der Waals surface area contributed by atoms with E-state index in [2.05, 4.69) is 10.6 Å². The van der Waals surface area contributed by atoms with Crippen LogP contribution in [0, 0.1) is 29.4 Å². The molecule has 0 aromatic heterocycles. The number of carbonyl (C=O) groups excluding carboxylic acids is 6. The summed E-state index contributed by atoms with van der Waals surface area (Å²) in [6, 6.07) is 11.8. The Morgan fingerprint density at radius 1 is 0.806 bits per heavy atom. The zero-order chi connectivity index (χ0) is 28.1. The summed E-state index contributed by atoms with van der Waals surface area (Å²) in [5.41, 5.74) is 1.03. The monoisotopic (exact) mass is 506 g/mol. The SMILES string of the molecule is CC(C)CC(=O)Nc1cccc(F)c1.CCC(C(=O)Nc1cccc(F)c1)C(C)C.O=C=O.O=C=O. The highest BCUT2D eigenvalue weighted by molar-refractivity contribution is 5.92. The lowest BCUT2D eigenvalue weighted by molar-refractivity contribution is -0.193. The van der Waals surface area contributed by atoms with Crippen molar-refractivity contribution in [3.8, 4) is 0 Å². The Morgan fingerprint density at radius 2 is 1.22 bits per heavy atom. The minimum absolute atomic E-state index is 0.0248. The summed E-state index contributed by atoms with van der Waals surface area (Å²) in [5, 5.41) is 5.37. The van der Waals surface area contributed by atoms with E-state index in [0.29, 0.717) is 29.6 Å². The van der Waals surface area contributed by atoms with Crippen LogP contribution >= 0.6 is 0 Å². The van der Waals surface area contributed by atoms with Gasteiger partial charge in [-0.3, -0.25) is 9.59 Å². The fraction of sp³-hybridized carbons (Fsp3) is 0.385. The molecule has 0 fully saturated rings. The first-order chi connectivity index (χ1) is 16.9. The van der Waals surface area contributed by atoms with E-state index >= 15 is 0 Å². The molecule has 2 amide bonds. The van der Waals surface area contributed by atoms with Crippen LogP contribution in [0.15, 0.2) is 48.5 Å². The summed E-state index contributed by atoms with van der Waals surface area (Å²) in [6.07, 6.45) is 1.75. The van der Waals surface area contributed by atoms with Crippen molar-refractivity contribution in [2.75, 3.05) is 10.6 Å². The summed E-state index contributed by atoms with van der Waals surface area (Å²) < 4.78 is 25.6. The Morgan fingerprint density at radius 3 is 1.56 bits per heavy atom. The van der Waals surface area contributed by atoms with Crippen molar-refractivity contribution in [1.29, 1.82) is 0 Å². The van der Waals surface area contributed by atoms with E-state index in [1.165, 1.54) is 24.3 Å². The predicted molar refractivity (Wildman–Crippen MR) is 128 cm³/mol. The number of hydrogen-bond acceptors (Lipinski definition) is 6. The molecule has 0 saturated heterocycles. The van der Waals surface area contributed by atoms with Crippen LogP contribution in [0.5, 0.6) is 0 Å². The summed E-state index contributed by atoms with van der Waals surface area (Å²) in [7, 11) is 0. The summed E-state index contributed by atoms with van der Waals surface area (Å²) >= 11 is 0. The Kier molecular flexibility index (Phi) is 19.3. The van der Waals surface area contributed by atoms with Crippen LogP contribution in [0.25, 0.3) is 0 Å². The first-order valence-corrected chi connectivity index (χ1v) is 11.1. The van der Waals surface area contributed by atoms with Crippen LogP contribution in [0.4, 0.5) is 20.2 Å². The van der Waals surface area contributed by atoms with E-state index in [9.17, 15) is 18.4 Å². The van der Waals surface area contributed by atoms with Gasteiger partial charge in [0.15, 0.2) is 0 Å². The van der Waals surface area contributed by atoms with Crippen LogP contribution in [0.1, 0.15) is 47.5 Å². The molecule has 0 heterocycles. The molecule has 0 radical (unpaired) electrons. The van der Waals surface area contributed by atoms with Crippen LogP contribution in [-0.2, 0) is 28.8 Å². The van der Waals surface area contributed by atoms with Crippen molar-refractivity contribution in [3.63, 3.8) is 0 Å². The van der Waals surface area contributed by atoms with E-state index in [-0.39, 0.29) is 41.7 Å². The highest BCUT2D eigenvalue weighted by atomic mass is 19.1. The summed E-state index contributed by atoms with van der Waals surface area (Å²) in [4.78, 5) is 55.7. The maximum absolute atomic E-state index is 12.9. The van der Waals surface area contributed by atoms with Crippen molar-refractivity contribution >= 4 is 35.5 Å². The van der Waals surface area contributed by atoms with Gasteiger partial charge in [-0.25, -0.2) is 8.78 Å². The molecule has 2 aromatic carbocycles. The van der Waals surface area contributed by atoms with Crippen LogP contribution in [0.2, 0.25) is 0 Å². The number of amides is 2. The second-order valence-corrected chi connectivity index (χ2v) is 8.08. The van der Waals surface area contributed by atoms with Crippen molar-refractivity contribution < 1.29 is 37.5 Å². The number of hydrogen-bond donors (Lipinski definition) is 2. The first kappa shape index (κ1) is 34.2. The number of halogens is 2. The van der Waals surface area contributed by atoms with Gasteiger partial charge in [-0.05, 0) is 54.7 Å². The van der Waals surface area contributed by atoms with Gasteiger partial charge in [-0.15, -0.1) is 0 Å². The van der Waals surface area contributed by atoms with Gasteiger partial charge in [0.2, 0.25) is 11.8 Å². The molecule has 0 aliphatic rings. The van der Waals surface area contributed by atoms with Gasteiger partial charge >= 0.3 is 12.3 Å². The van der Waals surface area contributed by atoms with Crippen molar-refractivity contribution in [1.82, 2.24) is 0 Å². The molecule has 1 atom stereocenters. The van der Waals surface area contributed by atoms with E-state index in [1.54, 1.807) is 24.3 Å². The molecule has 0 spiro atoms. The standard InChI is InChI=1S/C13H18FNO.C11H14FNO.2CO2/c1-4-12(9(2)3)13(16)15-11-7-5-6-10(14)8-11;1-8(2)6-11(14)13-10-5-3-4-9(12)7-10;2*2-1-3/h5-9,12H,4H2,1-3H3,(H,15,16);3-5,7-8H,6H2,1-2H3,(H,13,14);;. The van der Waals surface area contributed by atoms with E-state index in [4.69, 9.17) is 19.2 Å². The van der Waals surface area contributed by atoms with Gasteiger partial charge in [0.05, 0.1) is 0 Å². The molecule has 0 aliphatic carbocycles. The third-order valence-electron chi connectivity index (χ3n) is 4.38. The lowest BCUT2D eigenvalue weighted by Crippen LogP contribution is -2.26. The van der Waals surface area contributed by atoms with E-state index in [1.807, 2.05) is 34.6 Å². The third kappa shape index (κ3) is 17.5. The molecule has 2 N–H and O–H groups in total. The molecule has 2 aromatic rings. The smallest absolute Gasteiger partial charge is 0.326 e. The molecule has 0 saturated carbocycles. The fourth-order valence-corrected chi connectivity index (χ4v) is 2.91. The Bertz CT molecular complexity index is 987. The van der Waals surface area contributed by atoms with Gasteiger partial charge in [-0.2, -0.15) is 19.2 Å². The lowest BCUT2D eigenvalue weighted by Gasteiger charge is -2.18. The van der Waals surface area contributed by atoms with Gasteiger partial charge in [-0.1, -0.05) is 46.8 Å². The summed E-state index contributed by atoms with van der Waals surface area (Å²) in [6.45, 7) is 9.94.